The molecule has 2 rings (SSSR count). The van der Waals surface area contributed by atoms with Crippen LogP contribution in [0.3, 0.4) is 0 Å². The molecule has 0 radical (unpaired) electrons. The lowest BCUT2D eigenvalue weighted by molar-refractivity contribution is -0.146. The van der Waals surface area contributed by atoms with Gasteiger partial charge in [-0.25, -0.2) is 0 Å². The zero-order chi connectivity index (χ0) is 13.8. The highest BCUT2D eigenvalue weighted by atomic mass is 35.5. The van der Waals surface area contributed by atoms with Crippen molar-refractivity contribution in [3.05, 3.63) is 41.4 Å². The Balaban J connectivity index is 2.13. The highest BCUT2D eigenvalue weighted by Gasteiger charge is 2.34. The molecule has 0 fully saturated rings. The van der Waals surface area contributed by atoms with E-state index in [1.807, 2.05) is 6.08 Å². The molecule has 4 nitrogen and oxygen atoms in total. The lowest BCUT2D eigenvalue weighted by Gasteiger charge is -2.24. The molecule has 0 heterocycles. The zero-order valence-electron chi connectivity index (χ0n) is 10.2. The maximum Gasteiger partial charge on any atom is 0.307 e. The van der Waals surface area contributed by atoms with Crippen LogP contribution in [0.25, 0.3) is 0 Å². The first-order valence-electron chi connectivity index (χ1n) is 6.03. The SMILES string of the molecule is O=C(O)[C@H]1CC=CC[C@@H]1C(=O)Nc1ccccc1Cl. The Kier molecular flexibility index (Phi) is 4.22. The molecular weight excluding hydrogens is 266 g/mol. The van der Waals surface area contributed by atoms with Crippen LogP contribution in [0.5, 0.6) is 0 Å². The van der Waals surface area contributed by atoms with Gasteiger partial charge in [-0.3, -0.25) is 9.59 Å². The van der Waals surface area contributed by atoms with Crippen LogP contribution in [-0.4, -0.2) is 17.0 Å². The Morgan fingerprint density at radius 3 is 2.42 bits per heavy atom. The number of allylic oxidation sites excluding steroid dienone is 2. The summed E-state index contributed by atoms with van der Waals surface area (Å²) in [6, 6.07) is 6.89. The molecule has 0 saturated heterocycles. The van der Waals surface area contributed by atoms with Crippen molar-refractivity contribution in [2.45, 2.75) is 12.8 Å². The van der Waals surface area contributed by atoms with Crippen molar-refractivity contribution in [1.82, 2.24) is 0 Å². The highest BCUT2D eigenvalue weighted by molar-refractivity contribution is 6.33. The number of anilines is 1. The monoisotopic (exact) mass is 279 g/mol. The fourth-order valence-electron chi connectivity index (χ4n) is 2.16. The van der Waals surface area contributed by atoms with Crippen LogP contribution in [0, 0.1) is 11.8 Å². The summed E-state index contributed by atoms with van der Waals surface area (Å²) in [7, 11) is 0. The molecule has 5 heteroatoms. The van der Waals surface area contributed by atoms with E-state index in [0.29, 0.717) is 23.6 Å². The topological polar surface area (TPSA) is 66.4 Å². The van der Waals surface area contributed by atoms with Crippen molar-refractivity contribution in [3.8, 4) is 0 Å². The van der Waals surface area contributed by atoms with Gasteiger partial charge in [0.15, 0.2) is 0 Å². The zero-order valence-corrected chi connectivity index (χ0v) is 10.9. The van der Waals surface area contributed by atoms with E-state index in [1.54, 1.807) is 30.3 Å². The Hall–Kier alpha value is -1.81. The summed E-state index contributed by atoms with van der Waals surface area (Å²) in [5, 5.41) is 12.3. The first kappa shape index (κ1) is 13.6. The van der Waals surface area contributed by atoms with Gasteiger partial charge in [0.1, 0.15) is 0 Å². The third-order valence-corrected chi connectivity index (χ3v) is 3.55. The fraction of sp³-hybridized carbons (Fsp3) is 0.286. The molecular formula is C14H14ClNO3. The van der Waals surface area contributed by atoms with Crippen LogP contribution in [0.4, 0.5) is 5.69 Å². The number of hydrogen-bond donors (Lipinski definition) is 2. The van der Waals surface area contributed by atoms with Gasteiger partial charge >= 0.3 is 5.97 Å². The number of para-hydroxylation sites is 1. The van der Waals surface area contributed by atoms with Gasteiger partial charge < -0.3 is 10.4 Å². The van der Waals surface area contributed by atoms with E-state index in [9.17, 15) is 9.59 Å². The molecule has 2 N–H and O–H groups in total. The number of carbonyl (C=O) groups excluding carboxylic acids is 1. The maximum atomic E-state index is 12.2. The Morgan fingerprint density at radius 2 is 1.79 bits per heavy atom. The molecule has 0 unspecified atom stereocenters. The minimum absolute atomic E-state index is 0.301. The number of carboxylic acid groups (broad SMARTS) is 1. The number of benzene rings is 1. The molecule has 2 atom stereocenters. The number of carbonyl (C=O) groups is 2. The quantitative estimate of drug-likeness (QED) is 0.836. The van der Waals surface area contributed by atoms with E-state index >= 15 is 0 Å². The molecule has 19 heavy (non-hydrogen) atoms. The van der Waals surface area contributed by atoms with Gasteiger partial charge in [-0.2, -0.15) is 0 Å². The van der Waals surface area contributed by atoms with E-state index in [4.69, 9.17) is 16.7 Å². The van der Waals surface area contributed by atoms with Gasteiger partial charge in [-0.05, 0) is 25.0 Å². The minimum atomic E-state index is -0.941. The molecule has 1 amide bonds. The largest absolute Gasteiger partial charge is 0.481 e. The summed E-state index contributed by atoms with van der Waals surface area (Å²) in [4.78, 5) is 23.3. The Morgan fingerprint density at radius 1 is 1.16 bits per heavy atom. The average Bonchev–Trinajstić information content (AvgIpc) is 2.41. The predicted molar refractivity (Wildman–Crippen MR) is 73.1 cm³/mol. The smallest absolute Gasteiger partial charge is 0.307 e. The number of nitrogens with one attached hydrogen (secondary N) is 1. The molecule has 0 bridgehead atoms. The second-order valence-electron chi connectivity index (χ2n) is 4.46. The molecule has 1 aliphatic carbocycles. The average molecular weight is 280 g/mol. The van der Waals surface area contributed by atoms with Crippen molar-refractivity contribution in [2.24, 2.45) is 11.8 Å². The summed E-state index contributed by atoms with van der Waals surface area (Å²) in [5.41, 5.74) is 0.507. The second kappa shape index (κ2) is 5.89. The molecule has 0 aliphatic heterocycles. The van der Waals surface area contributed by atoms with E-state index in [-0.39, 0.29) is 5.91 Å². The van der Waals surface area contributed by atoms with Crippen LogP contribution in [0.15, 0.2) is 36.4 Å². The van der Waals surface area contributed by atoms with Crippen molar-refractivity contribution >= 4 is 29.2 Å². The van der Waals surface area contributed by atoms with Crippen LogP contribution in [-0.2, 0) is 9.59 Å². The van der Waals surface area contributed by atoms with Gasteiger partial charge in [0, 0.05) is 0 Å². The van der Waals surface area contributed by atoms with Crippen LogP contribution < -0.4 is 5.32 Å². The lowest BCUT2D eigenvalue weighted by Crippen LogP contribution is -2.34. The molecule has 1 aliphatic rings. The molecule has 1 aromatic carbocycles. The fourth-order valence-corrected chi connectivity index (χ4v) is 2.35. The molecule has 0 aromatic heterocycles. The summed E-state index contributed by atoms with van der Waals surface area (Å²) < 4.78 is 0. The summed E-state index contributed by atoms with van der Waals surface area (Å²) in [6.07, 6.45) is 4.47. The third kappa shape index (κ3) is 3.15. The summed E-state index contributed by atoms with van der Waals surface area (Å²) in [6.45, 7) is 0. The van der Waals surface area contributed by atoms with Gasteiger partial charge in [0.2, 0.25) is 5.91 Å². The normalized spacial score (nSPS) is 21.9. The van der Waals surface area contributed by atoms with Gasteiger partial charge in [0.25, 0.3) is 0 Å². The summed E-state index contributed by atoms with van der Waals surface area (Å²) >= 11 is 5.96. The second-order valence-corrected chi connectivity index (χ2v) is 4.87. The molecule has 0 saturated carbocycles. The van der Waals surface area contributed by atoms with Crippen molar-refractivity contribution < 1.29 is 14.7 Å². The van der Waals surface area contributed by atoms with Crippen LogP contribution >= 0.6 is 11.6 Å². The number of rotatable bonds is 3. The van der Waals surface area contributed by atoms with Gasteiger partial charge in [-0.15, -0.1) is 0 Å². The number of amides is 1. The van der Waals surface area contributed by atoms with E-state index in [2.05, 4.69) is 5.32 Å². The first-order chi connectivity index (χ1) is 9.09. The highest BCUT2D eigenvalue weighted by Crippen LogP contribution is 2.28. The number of aliphatic carboxylic acids is 1. The first-order valence-corrected chi connectivity index (χ1v) is 6.40. The van der Waals surface area contributed by atoms with Gasteiger partial charge in [0.05, 0.1) is 22.5 Å². The van der Waals surface area contributed by atoms with Crippen molar-refractivity contribution in [1.29, 1.82) is 0 Å². The van der Waals surface area contributed by atoms with Crippen molar-refractivity contribution in [2.75, 3.05) is 5.32 Å². The van der Waals surface area contributed by atoms with E-state index in [0.717, 1.165) is 0 Å². The Labute approximate surface area is 116 Å². The summed E-state index contributed by atoms with van der Waals surface area (Å²) in [5.74, 6) is -2.47. The molecule has 100 valence electrons. The van der Waals surface area contributed by atoms with E-state index < -0.39 is 17.8 Å². The van der Waals surface area contributed by atoms with Crippen LogP contribution in [0.1, 0.15) is 12.8 Å². The standard InChI is InChI=1S/C14H14ClNO3/c15-11-7-3-4-8-12(11)16-13(17)9-5-1-2-6-10(9)14(18)19/h1-4,7-10H,5-6H2,(H,16,17)(H,18,19)/t9-,10-/m0/s1. The van der Waals surface area contributed by atoms with Crippen molar-refractivity contribution in [3.63, 3.8) is 0 Å². The lowest BCUT2D eigenvalue weighted by atomic mass is 9.82. The Bertz CT molecular complexity index is 527. The number of carboxylic acids is 1. The molecule has 0 spiro atoms. The van der Waals surface area contributed by atoms with E-state index in [1.165, 1.54) is 0 Å². The van der Waals surface area contributed by atoms with Gasteiger partial charge in [-0.1, -0.05) is 35.9 Å². The number of halogens is 1. The maximum absolute atomic E-state index is 12.2. The molecule has 1 aromatic rings. The number of hydrogen-bond acceptors (Lipinski definition) is 2. The predicted octanol–water partition coefficient (Wildman–Crippen LogP) is 2.95. The van der Waals surface area contributed by atoms with Crippen LogP contribution in [0.2, 0.25) is 5.02 Å². The minimum Gasteiger partial charge on any atom is -0.481 e. The third-order valence-electron chi connectivity index (χ3n) is 3.22.